The zero-order valence-electron chi connectivity index (χ0n) is 20.0. The first-order chi connectivity index (χ1) is 15.2. The van der Waals surface area contributed by atoms with E-state index in [-0.39, 0.29) is 44.4 Å². The molecule has 0 unspecified atom stereocenters. The Balaban J connectivity index is 3.55. The molecule has 0 rings (SSSR count). The van der Waals surface area contributed by atoms with Crippen LogP contribution in [-0.2, 0) is 38.1 Å². The Morgan fingerprint density at radius 1 is 0.750 bits per heavy atom. The number of ether oxygens (including phenoxy) is 5. The van der Waals surface area contributed by atoms with Crippen molar-refractivity contribution in [3.63, 3.8) is 0 Å². The standard InChI is InChI=1S/C23H39NO8/c1-5-12-28-16-17-29-13-6-7-20(25)8-9-21(26)24-11-15-31-19-18-30-14-10-22(27)32-23(2,3)4/h5-7,10-19H2,1-4H3,(H,24,26). The van der Waals surface area contributed by atoms with E-state index in [0.29, 0.717) is 39.5 Å². The van der Waals surface area contributed by atoms with E-state index in [1.807, 2.05) is 27.7 Å². The Hall–Kier alpha value is -1.99. The van der Waals surface area contributed by atoms with E-state index in [1.165, 1.54) is 0 Å². The van der Waals surface area contributed by atoms with Gasteiger partial charge in [0, 0.05) is 32.1 Å². The number of amides is 1. The minimum atomic E-state index is -0.528. The third kappa shape index (κ3) is 22.7. The minimum absolute atomic E-state index is 0.186. The molecule has 32 heavy (non-hydrogen) atoms. The van der Waals surface area contributed by atoms with Gasteiger partial charge in [-0.1, -0.05) is 6.92 Å². The van der Waals surface area contributed by atoms with Gasteiger partial charge in [-0.3, -0.25) is 14.4 Å². The SMILES string of the molecule is CCCOCCOCCCC(=O)C#CC(=O)NCCOCCOCCC(=O)OC(C)(C)C. The second-order valence-electron chi connectivity index (χ2n) is 7.82. The highest BCUT2D eigenvalue weighted by Crippen LogP contribution is 2.07. The molecule has 0 saturated heterocycles. The van der Waals surface area contributed by atoms with Crippen molar-refractivity contribution in [1.29, 1.82) is 0 Å². The number of carbonyl (C=O) groups is 3. The molecule has 9 nitrogen and oxygen atoms in total. The van der Waals surface area contributed by atoms with Crippen LogP contribution in [-0.4, -0.2) is 82.7 Å². The molecular weight excluding hydrogens is 418 g/mol. The van der Waals surface area contributed by atoms with E-state index in [9.17, 15) is 14.4 Å². The van der Waals surface area contributed by atoms with Crippen LogP contribution in [0.25, 0.3) is 0 Å². The van der Waals surface area contributed by atoms with E-state index in [0.717, 1.165) is 13.0 Å². The summed E-state index contributed by atoms with van der Waals surface area (Å²) in [6, 6.07) is 0. The number of esters is 1. The number of ketones is 1. The van der Waals surface area contributed by atoms with Crippen LogP contribution in [0.4, 0.5) is 0 Å². The summed E-state index contributed by atoms with van der Waals surface area (Å²) in [4.78, 5) is 34.7. The van der Waals surface area contributed by atoms with Gasteiger partial charge in [0.2, 0.25) is 5.78 Å². The van der Waals surface area contributed by atoms with Crippen LogP contribution >= 0.6 is 0 Å². The molecule has 0 aromatic carbocycles. The average molecular weight is 458 g/mol. The molecule has 184 valence electrons. The highest BCUT2D eigenvalue weighted by Gasteiger charge is 2.15. The third-order valence-corrected chi connectivity index (χ3v) is 3.50. The fraction of sp³-hybridized carbons (Fsp3) is 0.783. The van der Waals surface area contributed by atoms with Crippen LogP contribution in [0.1, 0.15) is 53.4 Å². The summed E-state index contributed by atoms with van der Waals surface area (Å²) < 4.78 is 26.4. The summed E-state index contributed by atoms with van der Waals surface area (Å²) in [5.74, 6) is 3.46. The molecule has 0 fully saturated rings. The van der Waals surface area contributed by atoms with Crippen molar-refractivity contribution in [3.05, 3.63) is 0 Å². The van der Waals surface area contributed by atoms with Gasteiger partial charge in [0.05, 0.1) is 46.1 Å². The predicted molar refractivity (Wildman–Crippen MR) is 119 cm³/mol. The Labute approximate surface area is 191 Å². The molecule has 0 aliphatic rings. The third-order valence-electron chi connectivity index (χ3n) is 3.50. The molecule has 1 N–H and O–H groups in total. The first-order valence-electron chi connectivity index (χ1n) is 11.1. The minimum Gasteiger partial charge on any atom is -0.460 e. The van der Waals surface area contributed by atoms with E-state index in [2.05, 4.69) is 17.2 Å². The van der Waals surface area contributed by atoms with Crippen molar-refractivity contribution in [2.75, 3.05) is 59.4 Å². The van der Waals surface area contributed by atoms with Gasteiger partial charge in [-0.15, -0.1) is 0 Å². The van der Waals surface area contributed by atoms with Gasteiger partial charge in [0.25, 0.3) is 5.91 Å². The van der Waals surface area contributed by atoms with E-state index >= 15 is 0 Å². The number of hydrogen-bond donors (Lipinski definition) is 1. The van der Waals surface area contributed by atoms with E-state index in [4.69, 9.17) is 23.7 Å². The molecule has 0 radical (unpaired) electrons. The summed E-state index contributed by atoms with van der Waals surface area (Å²) >= 11 is 0. The van der Waals surface area contributed by atoms with Crippen molar-refractivity contribution in [2.24, 2.45) is 0 Å². The molecular formula is C23H39NO8. The number of carbonyl (C=O) groups excluding carboxylic acids is 3. The molecule has 0 aliphatic heterocycles. The largest absolute Gasteiger partial charge is 0.460 e. The van der Waals surface area contributed by atoms with Crippen LogP contribution in [0.2, 0.25) is 0 Å². The van der Waals surface area contributed by atoms with Gasteiger partial charge in [-0.25, -0.2) is 0 Å². The monoisotopic (exact) mass is 457 g/mol. The smallest absolute Gasteiger partial charge is 0.308 e. The number of Topliss-reactive ketones (excluding diaryl/α,β-unsaturated/α-hetero) is 1. The molecule has 0 saturated carbocycles. The summed E-state index contributed by atoms with van der Waals surface area (Å²) in [5, 5.41) is 2.55. The van der Waals surface area contributed by atoms with Crippen LogP contribution < -0.4 is 5.32 Å². The molecule has 0 aliphatic carbocycles. The Kier molecular flexibility index (Phi) is 18.5. The lowest BCUT2D eigenvalue weighted by atomic mass is 10.2. The molecule has 0 aromatic heterocycles. The molecule has 0 bridgehead atoms. The summed E-state index contributed by atoms with van der Waals surface area (Å²) in [5.41, 5.74) is -0.499. The van der Waals surface area contributed by atoms with Gasteiger partial charge in [-0.2, -0.15) is 0 Å². The maximum atomic E-state index is 11.6. The second kappa shape index (κ2) is 19.7. The maximum absolute atomic E-state index is 11.6. The Bertz CT molecular complexity index is 589. The lowest BCUT2D eigenvalue weighted by Gasteiger charge is -2.19. The molecule has 1 amide bonds. The van der Waals surface area contributed by atoms with Crippen molar-refractivity contribution in [1.82, 2.24) is 5.32 Å². The number of rotatable bonds is 18. The van der Waals surface area contributed by atoms with E-state index in [1.54, 1.807) is 0 Å². The van der Waals surface area contributed by atoms with Gasteiger partial charge < -0.3 is 29.0 Å². The first-order valence-corrected chi connectivity index (χ1v) is 11.1. The molecule has 9 heteroatoms. The van der Waals surface area contributed by atoms with Gasteiger partial charge in [-0.05, 0) is 39.5 Å². The summed E-state index contributed by atoms with van der Waals surface area (Å²) in [7, 11) is 0. The van der Waals surface area contributed by atoms with Crippen LogP contribution in [0, 0.1) is 11.8 Å². The van der Waals surface area contributed by atoms with Gasteiger partial charge in [0.1, 0.15) is 5.60 Å². The number of nitrogens with one attached hydrogen (secondary N) is 1. The molecule has 0 heterocycles. The second-order valence-corrected chi connectivity index (χ2v) is 7.82. The lowest BCUT2D eigenvalue weighted by Crippen LogP contribution is -2.26. The summed E-state index contributed by atoms with van der Waals surface area (Å²) in [6.07, 6.45) is 1.96. The first kappa shape index (κ1) is 30.0. The van der Waals surface area contributed by atoms with Gasteiger partial charge >= 0.3 is 5.97 Å². The zero-order chi connectivity index (χ0) is 24.1. The molecule has 0 spiro atoms. The predicted octanol–water partition coefficient (Wildman–Crippen LogP) is 1.66. The number of hydrogen-bond acceptors (Lipinski definition) is 8. The average Bonchev–Trinajstić information content (AvgIpc) is 2.71. The molecule has 0 aromatic rings. The van der Waals surface area contributed by atoms with Crippen LogP contribution in [0.15, 0.2) is 0 Å². The zero-order valence-corrected chi connectivity index (χ0v) is 20.0. The Morgan fingerprint density at radius 3 is 1.97 bits per heavy atom. The van der Waals surface area contributed by atoms with Crippen molar-refractivity contribution in [2.45, 2.75) is 59.0 Å². The maximum Gasteiger partial charge on any atom is 0.308 e. The van der Waals surface area contributed by atoms with Gasteiger partial charge in [0.15, 0.2) is 0 Å². The Morgan fingerprint density at radius 2 is 1.34 bits per heavy atom. The highest BCUT2D eigenvalue weighted by atomic mass is 16.6. The van der Waals surface area contributed by atoms with Crippen molar-refractivity contribution < 1.29 is 38.1 Å². The fourth-order valence-corrected chi connectivity index (χ4v) is 2.14. The summed E-state index contributed by atoms with van der Waals surface area (Å²) in [6.45, 7) is 11.2. The fourth-order valence-electron chi connectivity index (χ4n) is 2.14. The van der Waals surface area contributed by atoms with E-state index < -0.39 is 11.5 Å². The normalized spacial score (nSPS) is 10.9. The highest BCUT2D eigenvalue weighted by molar-refractivity contribution is 6.03. The van der Waals surface area contributed by atoms with Crippen molar-refractivity contribution >= 4 is 17.7 Å². The quantitative estimate of drug-likeness (QED) is 0.143. The molecule has 0 atom stereocenters. The lowest BCUT2D eigenvalue weighted by molar-refractivity contribution is -0.156. The topological polar surface area (TPSA) is 109 Å². The van der Waals surface area contributed by atoms with Crippen molar-refractivity contribution in [3.8, 4) is 11.8 Å². The van der Waals surface area contributed by atoms with Crippen LogP contribution in [0.3, 0.4) is 0 Å². The van der Waals surface area contributed by atoms with Crippen LogP contribution in [0.5, 0.6) is 0 Å².